The van der Waals surface area contributed by atoms with Gasteiger partial charge in [0.1, 0.15) is 4.83 Å². The number of hydrogen-bond acceptors (Lipinski definition) is 5. The summed E-state index contributed by atoms with van der Waals surface area (Å²) in [6.07, 6.45) is 0. The van der Waals surface area contributed by atoms with Crippen LogP contribution in [-0.2, 0) is 11.8 Å². The first-order valence-corrected chi connectivity index (χ1v) is 10.2. The van der Waals surface area contributed by atoms with Crippen molar-refractivity contribution in [2.75, 3.05) is 17.2 Å². The molecule has 26 heavy (non-hydrogen) atoms. The fourth-order valence-electron chi connectivity index (χ4n) is 2.80. The Morgan fingerprint density at radius 3 is 2.62 bits per heavy atom. The first-order valence-electron chi connectivity index (χ1n) is 8.39. The molecule has 0 unspecified atom stereocenters. The third-order valence-electron chi connectivity index (χ3n) is 4.38. The summed E-state index contributed by atoms with van der Waals surface area (Å²) in [5.41, 5.74) is 1.82. The molecule has 2 aromatic heterocycles. The normalized spacial score (nSPS) is 11.1. The lowest BCUT2D eigenvalue weighted by Gasteiger charge is -2.20. The monoisotopic (exact) mass is 387 g/mol. The van der Waals surface area contributed by atoms with E-state index in [0.717, 1.165) is 21.0 Å². The van der Waals surface area contributed by atoms with Crippen LogP contribution in [0, 0.1) is 13.8 Å². The number of rotatable bonds is 5. The fraction of sp³-hybridized carbons (Fsp3) is 0.316. The minimum Gasteiger partial charge on any atom is -0.312 e. The Balaban J connectivity index is 1.84. The highest BCUT2D eigenvalue weighted by molar-refractivity contribution is 7.99. The van der Waals surface area contributed by atoms with Crippen LogP contribution in [0.15, 0.2) is 40.3 Å². The molecular formula is C19H21N3O2S2. The summed E-state index contributed by atoms with van der Waals surface area (Å²) in [6, 6.07) is 9.60. The number of fused-ring (bicyclic) bond motifs is 1. The third kappa shape index (κ3) is 3.41. The first kappa shape index (κ1) is 18.7. The molecule has 3 aromatic rings. The van der Waals surface area contributed by atoms with Gasteiger partial charge < -0.3 is 4.90 Å². The van der Waals surface area contributed by atoms with Crippen LogP contribution >= 0.6 is 23.1 Å². The number of para-hydroxylation sites is 1. The second-order valence-corrected chi connectivity index (χ2v) is 8.13. The predicted octanol–water partition coefficient (Wildman–Crippen LogP) is 3.76. The molecule has 0 aliphatic carbocycles. The van der Waals surface area contributed by atoms with Gasteiger partial charge in [-0.2, -0.15) is 0 Å². The first-order chi connectivity index (χ1) is 12.4. The van der Waals surface area contributed by atoms with Gasteiger partial charge in [0.2, 0.25) is 5.91 Å². The van der Waals surface area contributed by atoms with Crippen molar-refractivity contribution >= 4 is 44.9 Å². The maximum Gasteiger partial charge on any atom is 0.262 e. The van der Waals surface area contributed by atoms with Gasteiger partial charge in [0.05, 0.1) is 11.1 Å². The average molecular weight is 388 g/mol. The van der Waals surface area contributed by atoms with E-state index in [0.29, 0.717) is 17.1 Å². The molecule has 0 fully saturated rings. The molecular weight excluding hydrogens is 366 g/mol. The molecule has 2 heterocycles. The number of amides is 1. The van der Waals surface area contributed by atoms with Crippen LogP contribution in [0.25, 0.3) is 10.2 Å². The predicted molar refractivity (Wildman–Crippen MR) is 110 cm³/mol. The second kappa shape index (κ2) is 7.63. The van der Waals surface area contributed by atoms with Crippen molar-refractivity contribution < 1.29 is 4.79 Å². The van der Waals surface area contributed by atoms with Crippen molar-refractivity contribution in [1.29, 1.82) is 0 Å². The number of thiophene rings is 1. The van der Waals surface area contributed by atoms with Crippen LogP contribution in [-0.4, -0.2) is 27.8 Å². The zero-order chi connectivity index (χ0) is 18.8. The SMILES string of the molecule is CCN(C(=O)CSc1nc2sc(C)c(C)c2c(=O)n1C)c1ccccc1. The molecule has 0 spiro atoms. The number of carbonyl (C=O) groups excluding carboxylic acids is 1. The molecule has 0 saturated heterocycles. The van der Waals surface area contributed by atoms with Crippen molar-refractivity contribution in [3.63, 3.8) is 0 Å². The molecule has 0 aliphatic rings. The van der Waals surface area contributed by atoms with Gasteiger partial charge in [-0.1, -0.05) is 30.0 Å². The van der Waals surface area contributed by atoms with Gasteiger partial charge in [0.15, 0.2) is 5.16 Å². The molecule has 136 valence electrons. The molecule has 0 bridgehead atoms. The van der Waals surface area contributed by atoms with Crippen LogP contribution in [0.1, 0.15) is 17.4 Å². The number of aryl methyl sites for hydroxylation is 2. The minimum absolute atomic E-state index is 0.00316. The molecule has 0 atom stereocenters. The summed E-state index contributed by atoms with van der Waals surface area (Å²) < 4.78 is 1.54. The molecule has 0 radical (unpaired) electrons. The standard InChI is InChI=1S/C19H21N3O2S2/c1-5-22(14-9-7-6-8-10-14)15(23)11-25-19-20-17-16(18(24)21(19)4)12(2)13(3)26-17/h6-10H,5,11H2,1-4H3. The smallest absolute Gasteiger partial charge is 0.262 e. The lowest BCUT2D eigenvalue weighted by molar-refractivity contribution is -0.116. The minimum atomic E-state index is -0.0535. The zero-order valence-corrected chi connectivity index (χ0v) is 16.9. The lowest BCUT2D eigenvalue weighted by atomic mass is 10.2. The Kier molecular flexibility index (Phi) is 5.48. The average Bonchev–Trinajstić information content (AvgIpc) is 2.92. The van der Waals surface area contributed by atoms with Crippen molar-refractivity contribution in [2.24, 2.45) is 7.05 Å². The van der Waals surface area contributed by atoms with Gasteiger partial charge >= 0.3 is 0 Å². The Hall–Kier alpha value is -2.12. The molecule has 0 N–H and O–H groups in total. The largest absolute Gasteiger partial charge is 0.312 e. The maximum atomic E-state index is 12.7. The summed E-state index contributed by atoms with van der Waals surface area (Å²) in [5.74, 6) is 0.231. The third-order valence-corrected chi connectivity index (χ3v) is 6.50. The van der Waals surface area contributed by atoms with E-state index in [1.54, 1.807) is 11.9 Å². The molecule has 0 aliphatic heterocycles. The van der Waals surface area contributed by atoms with E-state index in [2.05, 4.69) is 4.98 Å². The zero-order valence-electron chi connectivity index (χ0n) is 15.3. The Bertz CT molecular complexity index is 1010. The summed E-state index contributed by atoms with van der Waals surface area (Å²) in [5, 5.41) is 1.26. The molecule has 3 rings (SSSR count). The maximum absolute atomic E-state index is 12.7. The number of carbonyl (C=O) groups is 1. The Morgan fingerprint density at radius 1 is 1.27 bits per heavy atom. The second-order valence-electron chi connectivity index (χ2n) is 5.98. The van der Waals surface area contributed by atoms with Crippen LogP contribution < -0.4 is 10.5 Å². The van der Waals surface area contributed by atoms with Crippen molar-refractivity contribution in [3.8, 4) is 0 Å². The highest BCUT2D eigenvalue weighted by atomic mass is 32.2. The number of benzene rings is 1. The summed E-state index contributed by atoms with van der Waals surface area (Å²) in [7, 11) is 1.71. The highest BCUT2D eigenvalue weighted by Crippen LogP contribution is 2.28. The number of anilines is 1. The number of nitrogens with zero attached hydrogens (tertiary/aromatic N) is 3. The summed E-state index contributed by atoms with van der Waals surface area (Å²) >= 11 is 2.83. The van der Waals surface area contributed by atoms with Gasteiger partial charge in [-0.3, -0.25) is 14.2 Å². The van der Waals surface area contributed by atoms with Gasteiger partial charge in [-0.05, 0) is 38.5 Å². The van der Waals surface area contributed by atoms with E-state index in [1.807, 2.05) is 51.1 Å². The van der Waals surface area contributed by atoms with Gasteiger partial charge in [0.25, 0.3) is 5.56 Å². The van der Waals surface area contributed by atoms with E-state index in [1.165, 1.54) is 27.7 Å². The number of thioether (sulfide) groups is 1. The van der Waals surface area contributed by atoms with Crippen LogP contribution in [0.4, 0.5) is 5.69 Å². The van der Waals surface area contributed by atoms with Gasteiger partial charge in [-0.15, -0.1) is 11.3 Å². The van der Waals surface area contributed by atoms with Crippen LogP contribution in [0.3, 0.4) is 0 Å². The molecule has 1 aromatic carbocycles. The number of hydrogen-bond donors (Lipinski definition) is 0. The quantitative estimate of drug-likeness (QED) is 0.494. The molecule has 7 heteroatoms. The fourth-order valence-corrected chi connectivity index (χ4v) is 4.72. The molecule has 1 amide bonds. The summed E-state index contributed by atoms with van der Waals surface area (Å²) in [4.78, 5) is 33.5. The van der Waals surface area contributed by atoms with E-state index in [9.17, 15) is 9.59 Å². The van der Waals surface area contributed by atoms with E-state index in [4.69, 9.17) is 0 Å². The van der Waals surface area contributed by atoms with E-state index >= 15 is 0 Å². The number of aromatic nitrogens is 2. The van der Waals surface area contributed by atoms with Crippen LogP contribution in [0.2, 0.25) is 0 Å². The lowest BCUT2D eigenvalue weighted by Crippen LogP contribution is -2.32. The van der Waals surface area contributed by atoms with E-state index < -0.39 is 0 Å². The highest BCUT2D eigenvalue weighted by Gasteiger charge is 2.18. The molecule has 5 nitrogen and oxygen atoms in total. The molecule has 0 saturated carbocycles. The van der Waals surface area contributed by atoms with Gasteiger partial charge in [-0.25, -0.2) is 4.98 Å². The Morgan fingerprint density at radius 2 is 1.96 bits per heavy atom. The Labute approximate surface area is 160 Å². The topological polar surface area (TPSA) is 55.2 Å². The van der Waals surface area contributed by atoms with Crippen LogP contribution in [0.5, 0.6) is 0 Å². The van der Waals surface area contributed by atoms with Crippen molar-refractivity contribution in [2.45, 2.75) is 25.9 Å². The van der Waals surface area contributed by atoms with Crippen molar-refractivity contribution in [1.82, 2.24) is 9.55 Å². The van der Waals surface area contributed by atoms with Gasteiger partial charge in [0, 0.05) is 24.2 Å². The van der Waals surface area contributed by atoms with Crippen molar-refractivity contribution in [3.05, 3.63) is 51.1 Å². The summed E-state index contributed by atoms with van der Waals surface area (Å²) in [6.45, 7) is 6.49. The van der Waals surface area contributed by atoms with E-state index in [-0.39, 0.29) is 17.2 Å².